The molecule has 0 unspecified atom stereocenters. The molecular formula is C12H28N2O4S2+2. The van der Waals surface area contributed by atoms with E-state index in [2.05, 4.69) is 0 Å². The third-order valence-corrected chi connectivity index (χ3v) is 5.47. The van der Waals surface area contributed by atoms with Gasteiger partial charge in [0, 0.05) is 0 Å². The second-order valence-corrected chi connectivity index (χ2v) is 8.12. The molecule has 0 bridgehead atoms. The first-order valence-corrected chi connectivity index (χ1v) is 10.2. The zero-order valence-electron chi connectivity index (χ0n) is 12.1. The van der Waals surface area contributed by atoms with Crippen molar-refractivity contribution >= 4 is 22.2 Å². The van der Waals surface area contributed by atoms with Crippen molar-refractivity contribution in [2.75, 3.05) is 75.9 Å². The van der Waals surface area contributed by atoms with Crippen LogP contribution in [0.4, 0.5) is 0 Å². The Hall–Kier alpha value is 0.460. The molecule has 1 fully saturated rings. The largest absolute Gasteiger partial charge is 0.374 e. The summed E-state index contributed by atoms with van der Waals surface area (Å²) in [5.74, 6) is 3.52. The molecule has 0 radical (unpaired) electrons. The number of hydrogen-bond donors (Lipinski definition) is 2. The summed E-state index contributed by atoms with van der Waals surface area (Å²) in [6.45, 7) is 5.23. The van der Waals surface area contributed by atoms with Crippen LogP contribution in [0.2, 0.25) is 0 Å². The molecule has 120 valence electrons. The molecule has 0 aliphatic carbocycles. The van der Waals surface area contributed by atoms with Crippen LogP contribution in [0.5, 0.6) is 0 Å². The lowest BCUT2D eigenvalue weighted by Crippen LogP contribution is -2.29. The number of ether oxygens (including phenoxy) is 4. The van der Waals surface area contributed by atoms with Crippen LogP contribution >= 0.6 is 0 Å². The van der Waals surface area contributed by atoms with Gasteiger partial charge in [-0.2, -0.15) is 10.3 Å². The van der Waals surface area contributed by atoms with Crippen LogP contribution < -0.4 is 10.3 Å². The molecule has 20 heavy (non-hydrogen) atoms. The monoisotopic (exact) mass is 328 g/mol. The normalized spacial score (nSPS) is 30.3. The SMILES string of the molecule is N[S+]1CCOCCOCC[S+](N)CCOCCOCC1. The third-order valence-electron chi connectivity index (χ3n) is 2.70. The van der Waals surface area contributed by atoms with Crippen LogP contribution in [0.3, 0.4) is 0 Å². The van der Waals surface area contributed by atoms with Gasteiger partial charge < -0.3 is 18.9 Å². The molecular weight excluding hydrogens is 300 g/mol. The van der Waals surface area contributed by atoms with E-state index < -0.39 is 0 Å². The molecule has 0 saturated carbocycles. The van der Waals surface area contributed by atoms with E-state index >= 15 is 0 Å². The number of rotatable bonds is 0. The summed E-state index contributed by atoms with van der Waals surface area (Å²) in [4.78, 5) is 0. The summed E-state index contributed by atoms with van der Waals surface area (Å²) in [6.07, 6.45) is 0. The molecule has 8 heteroatoms. The highest BCUT2D eigenvalue weighted by atomic mass is 32.2. The maximum Gasteiger partial charge on any atom is 0.150 e. The second kappa shape index (κ2) is 13.1. The van der Waals surface area contributed by atoms with Crippen LogP contribution in [0.25, 0.3) is 0 Å². The smallest absolute Gasteiger partial charge is 0.150 e. The molecule has 0 aromatic rings. The van der Waals surface area contributed by atoms with E-state index in [4.69, 9.17) is 29.2 Å². The maximum absolute atomic E-state index is 5.99. The molecule has 4 N–H and O–H groups in total. The van der Waals surface area contributed by atoms with E-state index in [1.165, 1.54) is 0 Å². The van der Waals surface area contributed by atoms with Crippen molar-refractivity contribution in [3.05, 3.63) is 0 Å². The lowest BCUT2D eigenvalue weighted by molar-refractivity contribution is 0.0575. The first-order chi connectivity index (χ1) is 9.79. The first-order valence-electron chi connectivity index (χ1n) is 6.94. The summed E-state index contributed by atoms with van der Waals surface area (Å²) < 4.78 is 22.0. The molecule has 6 nitrogen and oxygen atoms in total. The van der Waals surface area contributed by atoms with Crippen molar-refractivity contribution < 1.29 is 18.9 Å². The van der Waals surface area contributed by atoms with Crippen molar-refractivity contribution in [2.45, 2.75) is 0 Å². The van der Waals surface area contributed by atoms with Gasteiger partial charge in [0.1, 0.15) is 0 Å². The minimum absolute atomic E-state index is 0.127. The van der Waals surface area contributed by atoms with E-state index in [1.54, 1.807) is 0 Å². The molecule has 1 aliphatic rings. The van der Waals surface area contributed by atoms with Gasteiger partial charge in [-0.3, -0.25) is 0 Å². The molecule has 0 aromatic heterocycles. The molecule has 1 aliphatic heterocycles. The van der Waals surface area contributed by atoms with Gasteiger partial charge in [0.15, 0.2) is 23.0 Å². The van der Waals surface area contributed by atoms with Gasteiger partial charge in [-0.25, -0.2) is 0 Å². The number of hydrogen-bond acceptors (Lipinski definition) is 6. The summed E-state index contributed by atoms with van der Waals surface area (Å²) >= 11 is -0.253. The van der Waals surface area contributed by atoms with E-state index in [-0.39, 0.29) is 22.2 Å². The minimum atomic E-state index is -0.127. The van der Waals surface area contributed by atoms with Crippen molar-refractivity contribution in [2.24, 2.45) is 10.3 Å². The van der Waals surface area contributed by atoms with Crippen LogP contribution in [0.15, 0.2) is 0 Å². The first kappa shape index (κ1) is 18.5. The Morgan fingerprint density at radius 2 is 0.700 bits per heavy atom. The van der Waals surface area contributed by atoms with E-state index in [1.807, 2.05) is 0 Å². The Morgan fingerprint density at radius 1 is 0.450 bits per heavy atom. The Balaban J connectivity index is 2.16. The highest BCUT2D eigenvalue weighted by molar-refractivity contribution is 7.94. The standard InChI is InChI=1S/C12H28N2O4S2/c13-19-9-5-15-1-2-16-6-10-20(14)12-8-18-4-3-17-7-11-19/h1-14H2/q+2. The maximum atomic E-state index is 5.99. The van der Waals surface area contributed by atoms with E-state index in [0.29, 0.717) is 52.9 Å². The highest BCUT2D eigenvalue weighted by Gasteiger charge is 2.14. The van der Waals surface area contributed by atoms with Gasteiger partial charge >= 0.3 is 0 Å². The van der Waals surface area contributed by atoms with Gasteiger partial charge in [-0.05, 0) is 0 Å². The fraction of sp³-hybridized carbons (Fsp3) is 1.00. The molecule has 1 rings (SSSR count). The van der Waals surface area contributed by atoms with Gasteiger partial charge in [-0.15, -0.1) is 0 Å². The summed E-state index contributed by atoms with van der Waals surface area (Å²) in [5.41, 5.74) is 0. The van der Waals surface area contributed by atoms with Crippen molar-refractivity contribution in [3.63, 3.8) is 0 Å². The van der Waals surface area contributed by atoms with Crippen LogP contribution in [0.1, 0.15) is 0 Å². The van der Waals surface area contributed by atoms with Crippen molar-refractivity contribution in [1.29, 1.82) is 0 Å². The van der Waals surface area contributed by atoms with E-state index in [0.717, 1.165) is 23.0 Å². The Morgan fingerprint density at radius 3 is 0.950 bits per heavy atom. The fourth-order valence-electron chi connectivity index (χ4n) is 1.51. The van der Waals surface area contributed by atoms with Crippen molar-refractivity contribution in [3.8, 4) is 0 Å². The Kier molecular flexibility index (Phi) is 12.2. The van der Waals surface area contributed by atoms with Gasteiger partial charge in [0.05, 0.1) is 75.0 Å². The van der Waals surface area contributed by atoms with Crippen molar-refractivity contribution in [1.82, 2.24) is 0 Å². The van der Waals surface area contributed by atoms with Crippen LogP contribution in [0, 0.1) is 0 Å². The molecule has 1 saturated heterocycles. The molecule has 0 spiro atoms. The number of nitrogens with two attached hydrogens (primary N) is 2. The topological polar surface area (TPSA) is 89.0 Å². The quantitative estimate of drug-likeness (QED) is 0.558. The average molecular weight is 329 g/mol. The molecule has 0 aromatic carbocycles. The fourth-order valence-corrected chi connectivity index (χ4v) is 3.25. The lowest BCUT2D eigenvalue weighted by atomic mass is 10.7. The Labute approximate surface area is 127 Å². The minimum Gasteiger partial charge on any atom is -0.374 e. The van der Waals surface area contributed by atoms with E-state index in [9.17, 15) is 0 Å². The lowest BCUT2D eigenvalue weighted by Gasteiger charge is -2.08. The van der Waals surface area contributed by atoms with Crippen LogP contribution in [-0.4, -0.2) is 75.9 Å². The summed E-state index contributed by atoms with van der Waals surface area (Å²) in [5, 5.41) is 12.0. The molecule has 0 amide bonds. The van der Waals surface area contributed by atoms with Gasteiger partial charge in [0.2, 0.25) is 0 Å². The van der Waals surface area contributed by atoms with Gasteiger partial charge in [-0.1, -0.05) is 0 Å². The summed E-state index contributed by atoms with van der Waals surface area (Å²) in [7, 11) is 0. The van der Waals surface area contributed by atoms with Crippen LogP contribution in [-0.2, 0) is 41.1 Å². The summed E-state index contributed by atoms with van der Waals surface area (Å²) in [6, 6.07) is 0. The second-order valence-electron chi connectivity index (χ2n) is 4.34. The molecule has 1 heterocycles. The van der Waals surface area contributed by atoms with Gasteiger partial charge in [0.25, 0.3) is 0 Å². The predicted octanol–water partition coefficient (Wildman–Crippen LogP) is -0.950. The molecule has 0 atom stereocenters. The Bertz CT molecular complexity index is 186. The zero-order valence-corrected chi connectivity index (χ0v) is 13.7. The average Bonchev–Trinajstić information content (AvgIpc) is 2.43. The third kappa shape index (κ3) is 11.2. The predicted molar refractivity (Wildman–Crippen MR) is 85.8 cm³/mol. The highest BCUT2D eigenvalue weighted by Crippen LogP contribution is 1.93. The zero-order chi connectivity index (χ0) is 14.5.